The molecule has 0 aliphatic heterocycles. The molecule has 0 bridgehead atoms. The summed E-state index contributed by atoms with van der Waals surface area (Å²) in [4.78, 5) is 8.26. The molecule has 0 atom stereocenters. The molecule has 0 aliphatic carbocycles. The molecule has 0 aliphatic rings. The van der Waals surface area contributed by atoms with E-state index in [-0.39, 0.29) is 41.8 Å². The summed E-state index contributed by atoms with van der Waals surface area (Å²) in [6.07, 6.45) is 2.77. The molecule has 1 aromatic carbocycles. The van der Waals surface area contributed by atoms with E-state index in [4.69, 9.17) is 14.6 Å². The molecule has 0 unspecified atom stereocenters. The van der Waals surface area contributed by atoms with Gasteiger partial charge in [-0.1, -0.05) is 0 Å². The van der Waals surface area contributed by atoms with Gasteiger partial charge < -0.3 is 19.9 Å². The minimum Gasteiger partial charge on any atom is -0.494 e. The normalized spacial score (nSPS) is 10.8. The largest absolute Gasteiger partial charge is 0.494 e. The maximum absolute atomic E-state index is 14.3. The van der Waals surface area contributed by atoms with Crippen molar-refractivity contribution >= 4 is 11.8 Å². The molecule has 2 aromatic heterocycles. The number of rotatable bonds is 8. The van der Waals surface area contributed by atoms with E-state index in [0.717, 1.165) is 5.69 Å². The number of halogens is 2. The Morgan fingerprint density at radius 1 is 1.14 bits per heavy atom. The van der Waals surface area contributed by atoms with E-state index in [1.807, 2.05) is 6.92 Å². The first-order valence-electron chi connectivity index (χ1n) is 8.81. The van der Waals surface area contributed by atoms with E-state index in [9.17, 15) is 8.78 Å². The molecule has 0 amide bonds. The Bertz CT molecular complexity index is 992. The summed E-state index contributed by atoms with van der Waals surface area (Å²) < 4.78 is 40.5. The van der Waals surface area contributed by atoms with Crippen LogP contribution in [0.5, 0.6) is 11.5 Å². The molecule has 3 aromatic rings. The van der Waals surface area contributed by atoms with E-state index in [2.05, 4.69) is 20.4 Å². The lowest BCUT2D eigenvalue weighted by Gasteiger charge is -2.12. The van der Waals surface area contributed by atoms with Gasteiger partial charge in [-0.05, 0) is 25.5 Å². The van der Waals surface area contributed by atoms with E-state index in [0.29, 0.717) is 12.4 Å². The fraction of sp³-hybridized carbons (Fsp3) is 0.316. The van der Waals surface area contributed by atoms with Gasteiger partial charge in [-0.2, -0.15) is 5.10 Å². The first-order chi connectivity index (χ1) is 13.9. The van der Waals surface area contributed by atoms with Gasteiger partial charge in [-0.3, -0.25) is 0 Å². The summed E-state index contributed by atoms with van der Waals surface area (Å²) in [6.45, 7) is 3.28. The molecular weight excluding hydrogens is 384 g/mol. The van der Waals surface area contributed by atoms with Crippen LogP contribution < -0.4 is 14.8 Å². The van der Waals surface area contributed by atoms with Crippen molar-refractivity contribution < 1.29 is 23.4 Å². The number of nitrogens with zero attached hydrogens (tertiary/aromatic N) is 4. The number of methoxy groups -OCH3 is 1. The molecule has 8 nitrogen and oxygen atoms in total. The third kappa shape index (κ3) is 4.60. The number of aliphatic hydroxyl groups is 1. The summed E-state index contributed by atoms with van der Waals surface area (Å²) in [5, 5.41) is 16.3. The van der Waals surface area contributed by atoms with Crippen molar-refractivity contribution in [2.45, 2.75) is 27.0 Å². The van der Waals surface area contributed by atoms with Crippen molar-refractivity contribution in [3.63, 3.8) is 0 Å². The SMILES string of the molecule is COc1cc(C)c(F)c(COc2cnc(Nc3cc(C)nn3CCO)nc2)c1F. The van der Waals surface area contributed by atoms with Gasteiger partial charge >= 0.3 is 0 Å². The lowest BCUT2D eigenvalue weighted by atomic mass is 10.1. The number of hydrogen-bond acceptors (Lipinski definition) is 7. The zero-order chi connectivity index (χ0) is 21.0. The van der Waals surface area contributed by atoms with Crippen LogP contribution in [0, 0.1) is 25.5 Å². The maximum atomic E-state index is 14.3. The van der Waals surface area contributed by atoms with Crippen molar-refractivity contribution in [2.24, 2.45) is 0 Å². The van der Waals surface area contributed by atoms with Crippen LogP contribution in [0.1, 0.15) is 16.8 Å². The lowest BCUT2D eigenvalue weighted by molar-refractivity contribution is 0.270. The van der Waals surface area contributed by atoms with Crippen LogP contribution in [-0.4, -0.2) is 38.6 Å². The van der Waals surface area contributed by atoms with Gasteiger partial charge in [0, 0.05) is 6.07 Å². The molecule has 154 valence electrons. The van der Waals surface area contributed by atoms with Crippen LogP contribution in [0.4, 0.5) is 20.5 Å². The van der Waals surface area contributed by atoms with E-state index in [1.54, 1.807) is 10.7 Å². The smallest absolute Gasteiger partial charge is 0.228 e. The lowest BCUT2D eigenvalue weighted by Crippen LogP contribution is -2.09. The molecule has 0 saturated carbocycles. The van der Waals surface area contributed by atoms with Crippen molar-refractivity contribution in [1.29, 1.82) is 0 Å². The minimum absolute atomic E-state index is 0.0481. The first kappa shape index (κ1) is 20.5. The Morgan fingerprint density at radius 2 is 1.86 bits per heavy atom. The molecule has 10 heteroatoms. The molecule has 29 heavy (non-hydrogen) atoms. The van der Waals surface area contributed by atoms with Crippen LogP contribution >= 0.6 is 0 Å². The van der Waals surface area contributed by atoms with Crippen LogP contribution in [0.3, 0.4) is 0 Å². The Hall–Kier alpha value is -3.27. The number of nitrogens with one attached hydrogen (secondary N) is 1. The zero-order valence-corrected chi connectivity index (χ0v) is 16.2. The molecule has 0 radical (unpaired) electrons. The number of benzene rings is 1. The van der Waals surface area contributed by atoms with Gasteiger partial charge in [-0.25, -0.2) is 23.4 Å². The molecule has 0 saturated heterocycles. The monoisotopic (exact) mass is 405 g/mol. The average molecular weight is 405 g/mol. The maximum Gasteiger partial charge on any atom is 0.228 e. The molecule has 3 rings (SSSR count). The molecule has 2 N–H and O–H groups in total. The van der Waals surface area contributed by atoms with Gasteiger partial charge in [-0.15, -0.1) is 0 Å². The highest BCUT2D eigenvalue weighted by atomic mass is 19.1. The highest BCUT2D eigenvalue weighted by Crippen LogP contribution is 2.27. The molecule has 0 fully saturated rings. The van der Waals surface area contributed by atoms with Crippen molar-refractivity contribution in [1.82, 2.24) is 19.7 Å². The van der Waals surface area contributed by atoms with Crippen LogP contribution in [0.15, 0.2) is 24.5 Å². The Balaban J connectivity index is 1.70. The quantitative estimate of drug-likeness (QED) is 0.595. The van der Waals surface area contributed by atoms with Gasteiger partial charge in [0.1, 0.15) is 18.2 Å². The predicted molar refractivity (Wildman–Crippen MR) is 101 cm³/mol. The highest BCUT2D eigenvalue weighted by molar-refractivity contribution is 5.49. The predicted octanol–water partition coefficient (Wildman–Crippen LogP) is 2.89. The molecular formula is C19H21F2N5O3. The third-order valence-corrected chi connectivity index (χ3v) is 4.13. The highest BCUT2D eigenvalue weighted by Gasteiger charge is 2.18. The summed E-state index contributed by atoms with van der Waals surface area (Å²) in [7, 11) is 1.31. The topological polar surface area (TPSA) is 94.3 Å². The van der Waals surface area contributed by atoms with Crippen LogP contribution in [0.2, 0.25) is 0 Å². The summed E-state index contributed by atoms with van der Waals surface area (Å²) in [5.41, 5.74) is 0.804. The Morgan fingerprint density at radius 3 is 2.52 bits per heavy atom. The second-order valence-corrected chi connectivity index (χ2v) is 6.28. The molecule has 0 spiro atoms. The standard InChI is InChI=1S/C19H21F2N5O3/c1-11-6-15(28-3)18(21)14(17(11)20)10-29-13-8-22-19(23-9-13)24-16-7-12(2)25-26(16)4-5-27/h6-9,27H,4-5,10H2,1-3H3,(H,22,23,24). The number of anilines is 2. The Kier molecular flexibility index (Phi) is 6.23. The van der Waals surface area contributed by atoms with Gasteiger partial charge in [0.2, 0.25) is 5.95 Å². The van der Waals surface area contributed by atoms with Crippen molar-refractivity contribution in [3.8, 4) is 11.5 Å². The number of aliphatic hydroxyl groups excluding tert-OH is 1. The first-order valence-corrected chi connectivity index (χ1v) is 8.81. The van der Waals surface area contributed by atoms with Gasteiger partial charge in [0.15, 0.2) is 17.3 Å². The Labute approximate surface area is 166 Å². The third-order valence-electron chi connectivity index (χ3n) is 4.13. The summed E-state index contributed by atoms with van der Waals surface area (Å²) in [6, 6.07) is 3.08. The zero-order valence-electron chi connectivity index (χ0n) is 16.2. The van der Waals surface area contributed by atoms with Gasteiger partial charge in [0.05, 0.1) is 43.9 Å². The minimum atomic E-state index is -0.803. The number of aromatic nitrogens is 4. The van der Waals surface area contributed by atoms with E-state index >= 15 is 0 Å². The fourth-order valence-electron chi connectivity index (χ4n) is 2.72. The second kappa shape index (κ2) is 8.82. The van der Waals surface area contributed by atoms with Gasteiger partial charge in [0.25, 0.3) is 0 Å². The average Bonchev–Trinajstić information content (AvgIpc) is 3.05. The van der Waals surface area contributed by atoms with Crippen LogP contribution in [-0.2, 0) is 13.2 Å². The van der Waals surface area contributed by atoms with Crippen LogP contribution in [0.25, 0.3) is 0 Å². The van der Waals surface area contributed by atoms with Crippen molar-refractivity contribution in [2.75, 3.05) is 19.0 Å². The fourth-order valence-corrected chi connectivity index (χ4v) is 2.72. The van der Waals surface area contributed by atoms with E-state index < -0.39 is 11.6 Å². The number of aryl methyl sites for hydroxylation is 2. The second-order valence-electron chi connectivity index (χ2n) is 6.28. The van der Waals surface area contributed by atoms with Crippen molar-refractivity contribution in [3.05, 3.63) is 53.0 Å². The molecule has 2 heterocycles. The summed E-state index contributed by atoms with van der Waals surface area (Å²) in [5.74, 6) is -0.382. The summed E-state index contributed by atoms with van der Waals surface area (Å²) >= 11 is 0. The number of ether oxygens (including phenoxy) is 2. The van der Waals surface area contributed by atoms with E-state index in [1.165, 1.54) is 32.5 Å². The number of hydrogen-bond donors (Lipinski definition) is 2.